The minimum atomic E-state index is 0. The highest BCUT2D eigenvalue weighted by molar-refractivity contribution is 5.85. The van der Waals surface area contributed by atoms with Gasteiger partial charge in [-0.15, -0.1) is 12.4 Å². The van der Waals surface area contributed by atoms with E-state index in [-0.39, 0.29) is 18.4 Å². The molecule has 2 atom stereocenters. The number of nitrogens with zero attached hydrogens (tertiary/aromatic N) is 1. The molecule has 0 spiro atoms. The van der Waals surface area contributed by atoms with Crippen molar-refractivity contribution in [1.29, 1.82) is 0 Å². The van der Waals surface area contributed by atoms with Crippen LogP contribution >= 0.6 is 12.4 Å². The van der Waals surface area contributed by atoms with Crippen molar-refractivity contribution in [3.8, 4) is 0 Å². The van der Waals surface area contributed by atoms with E-state index >= 15 is 0 Å². The summed E-state index contributed by atoms with van der Waals surface area (Å²) in [5.74, 6) is 1.12. The number of amides is 1. The van der Waals surface area contributed by atoms with Crippen LogP contribution in [0.4, 0.5) is 0 Å². The van der Waals surface area contributed by atoms with Crippen LogP contribution in [0.25, 0.3) is 0 Å². The minimum absolute atomic E-state index is 0. The average molecular weight is 275 g/mol. The Balaban J connectivity index is 0.00000162. The Labute approximate surface area is 117 Å². The van der Waals surface area contributed by atoms with Crippen molar-refractivity contribution in [2.75, 3.05) is 19.6 Å². The Morgan fingerprint density at radius 3 is 2.78 bits per heavy atom. The maximum Gasteiger partial charge on any atom is 0.239 e. The summed E-state index contributed by atoms with van der Waals surface area (Å²) in [7, 11) is 0. The summed E-state index contributed by atoms with van der Waals surface area (Å²) >= 11 is 0. The summed E-state index contributed by atoms with van der Waals surface area (Å²) < 4.78 is 0. The van der Waals surface area contributed by atoms with Crippen LogP contribution in [0.3, 0.4) is 0 Å². The number of carbonyl (C=O) groups excluding carboxylic acids is 1. The second-order valence-electron chi connectivity index (χ2n) is 5.58. The zero-order valence-electron chi connectivity index (χ0n) is 11.5. The van der Waals surface area contributed by atoms with Crippen molar-refractivity contribution >= 4 is 18.3 Å². The van der Waals surface area contributed by atoms with Gasteiger partial charge in [-0.3, -0.25) is 4.79 Å². The van der Waals surface area contributed by atoms with Gasteiger partial charge in [0.1, 0.15) is 0 Å². The predicted molar refractivity (Wildman–Crippen MR) is 77.1 cm³/mol. The molecule has 2 aliphatic rings. The van der Waals surface area contributed by atoms with Crippen LogP contribution in [0.5, 0.6) is 0 Å². The molecule has 2 rings (SSSR count). The van der Waals surface area contributed by atoms with Gasteiger partial charge in [0.2, 0.25) is 5.91 Å². The summed E-state index contributed by atoms with van der Waals surface area (Å²) in [6.07, 6.45) is 8.50. The topological polar surface area (TPSA) is 32.3 Å². The molecule has 0 bridgehead atoms. The van der Waals surface area contributed by atoms with Crippen molar-refractivity contribution < 1.29 is 4.79 Å². The van der Waals surface area contributed by atoms with Crippen molar-refractivity contribution in [2.24, 2.45) is 5.92 Å². The van der Waals surface area contributed by atoms with E-state index in [0.29, 0.717) is 5.91 Å². The molecule has 0 saturated carbocycles. The first kappa shape index (κ1) is 15.8. The maximum atomic E-state index is 12.4. The molecule has 2 saturated heterocycles. The van der Waals surface area contributed by atoms with Crippen LogP contribution in [0.2, 0.25) is 0 Å². The molecule has 0 radical (unpaired) electrons. The first-order valence-electron chi connectivity index (χ1n) is 7.33. The summed E-state index contributed by atoms with van der Waals surface area (Å²) in [5, 5.41) is 3.37. The quantitative estimate of drug-likeness (QED) is 0.858. The normalized spacial score (nSPS) is 28.6. The molecule has 106 valence electrons. The van der Waals surface area contributed by atoms with Gasteiger partial charge in [0.05, 0.1) is 6.04 Å². The maximum absolute atomic E-state index is 12.4. The Morgan fingerprint density at radius 1 is 1.28 bits per heavy atom. The zero-order valence-corrected chi connectivity index (χ0v) is 12.3. The van der Waals surface area contributed by atoms with Crippen molar-refractivity contribution in [3.63, 3.8) is 0 Å². The van der Waals surface area contributed by atoms with Crippen LogP contribution in [-0.4, -0.2) is 36.5 Å². The predicted octanol–water partition coefficient (Wildman–Crippen LogP) is 2.59. The van der Waals surface area contributed by atoms with Gasteiger partial charge in [-0.1, -0.05) is 19.8 Å². The molecule has 2 heterocycles. The number of halogens is 1. The van der Waals surface area contributed by atoms with E-state index < -0.39 is 0 Å². The molecule has 2 fully saturated rings. The molecular weight excluding hydrogens is 248 g/mol. The third-order valence-corrected chi connectivity index (χ3v) is 4.14. The van der Waals surface area contributed by atoms with Gasteiger partial charge in [0.25, 0.3) is 0 Å². The van der Waals surface area contributed by atoms with Crippen LogP contribution in [0, 0.1) is 5.92 Å². The average Bonchev–Trinajstić information content (AvgIpc) is 2.40. The van der Waals surface area contributed by atoms with Gasteiger partial charge in [-0.05, 0) is 44.6 Å². The fourth-order valence-electron chi connectivity index (χ4n) is 3.19. The third kappa shape index (κ3) is 4.13. The fraction of sp³-hybridized carbons (Fsp3) is 0.929. The number of nitrogens with one attached hydrogen (secondary N) is 1. The number of rotatable bonds is 3. The van der Waals surface area contributed by atoms with Crippen molar-refractivity contribution in [3.05, 3.63) is 0 Å². The second-order valence-corrected chi connectivity index (χ2v) is 5.58. The molecule has 1 N–H and O–H groups in total. The van der Waals surface area contributed by atoms with Crippen LogP contribution < -0.4 is 5.32 Å². The van der Waals surface area contributed by atoms with Crippen molar-refractivity contribution in [1.82, 2.24) is 10.2 Å². The molecule has 0 aliphatic carbocycles. The van der Waals surface area contributed by atoms with E-state index in [1.807, 2.05) is 0 Å². The Morgan fingerprint density at radius 2 is 2.11 bits per heavy atom. The van der Waals surface area contributed by atoms with Crippen LogP contribution in [-0.2, 0) is 4.79 Å². The van der Waals surface area contributed by atoms with E-state index in [2.05, 4.69) is 17.1 Å². The molecule has 0 aromatic rings. The number of carbonyl (C=O) groups is 1. The largest absolute Gasteiger partial charge is 0.341 e. The molecule has 0 aromatic heterocycles. The van der Waals surface area contributed by atoms with Crippen LogP contribution in [0.15, 0.2) is 0 Å². The fourth-order valence-corrected chi connectivity index (χ4v) is 3.19. The highest BCUT2D eigenvalue weighted by atomic mass is 35.5. The molecule has 2 aliphatic heterocycles. The number of piperidine rings is 2. The smallest absolute Gasteiger partial charge is 0.239 e. The summed E-state index contributed by atoms with van der Waals surface area (Å²) in [6.45, 7) is 5.24. The molecule has 3 nitrogen and oxygen atoms in total. The standard InChI is InChI=1S/C14H26N2O.ClH/c1-2-6-12-7-5-10-16(11-12)14(17)13-8-3-4-9-15-13;/h12-13,15H,2-11H2,1H3;1H. The van der Waals surface area contributed by atoms with E-state index in [1.165, 1.54) is 38.5 Å². The van der Waals surface area contributed by atoms with Gasteiger partial charge in [-0.2, -0.15) is 0 Å². The van der Waals surface area contributed by atoms with Crippen molar-refractivity contribution in [2.45, 2.75) is 57.9 Å². The summed E-state index contributed by atoms with van der Waals surface area (Å²) in [5.41, 5.74) is 0. The first-order chi connectivity index (χ1) is 8.31. The number of hydrogen-bond acceptors (Lipinski definition) is 2. The third-order valence-electron chi connectivity index (χ3n) is 4.14. The molecule has 2 unspecified atom stereocenters. The lowest BCUT2D eigenvalue weighted by Gasteiger charge is -2.36. The molecule has 4 heteroatoms. The van der Waals surface area contributed by atoms with Gasteiger partial charge in [0.15, 0.2) is 0 Å². The van der Waals surface area contributed by atoms with Gasteiger partial charge < -0.3 is 10.2 Å². The summed E-state index contributed by atoms with van der Waals surface area (Å²) in [4.78, 5) is 14.5. The summed E-state index contributed by atoms with van der Waals surface area (Å²) in [6, 6.07) is 0.115. The minimum Gasteiger partial charge on any atom is -0.341 e. The number of likely N-dealkylation sites (tertiary alicyclic amines) is 1. The first-order valence-corrected chi connectivity index (χ1v) is 7.33. The van der Waals surface area contributed by atoms with E-state index in [9.17, 15) is 4.79 Å². The lowest BCUT2D eigenvalue weighted by Crippen LogP contribution is -2.51. The highest BCUT2D eigenvalue weighted by Crippen LogP contribution is 2.22. The van der Waals surface area contributed by atoms with Gasteiger partial charge in [-0.25, -0.2) is 0 Å². The monoisotopic (exact) mass is 274 g/mol. The molecule has 1 amide bonds. The molecule has 0 aromatic carbocycles. The van der Waals surface area contributed by atoms with E-state index in [0.717, 1.165) is 32.0 Å². The molecular formula is C14H27ClN2O. The lowest BCUT2D eigenvalue weighted by molar-refractivity contribution is -0.135. The van der Waals surface area contributed by atoms with Gasteiger partial charge in [0, 0.05) is 13.1 Å². The zero-order chi connectivity index (χ0) is 12.1. The van der Waals surface area contributed by atoms with Gasteiger partial charge >= 0.3 is 0 Å². The Kier molecular flexibility index (Phi) is 7.02. The Bertz CT molecular complexity index is 252. The second kappa shape index (κ2) is 8.00. The lowest BCUT2D eigenvalue weighted by atomic mass is 9.92. The Hall–Kier alpha value is -0.280. The van der Waals surface area contributed by atoms with E-state index in [4.69, 9.17) is 0 Å². The number of hydrogen-bond donors (Lipinski definition) is 1. The SMILES string of the molecule is CCCC1CCCN(C(=O)C2CCCCN2)C1.Cl. The highest BCUT2D eigenvalue weighted by Gasteiger charge is 2.29. The van der Waals surface area contributed by atoms with E-state index in [1.54, 1.807) is 0 Å². The van der Waals surface area contributed by atoms with Crippen LogP contribution in [0.1, 0.15) is 51.9 Å². The molecule has 18 heavy (non-hydrogen) atoms.